The molecule has 4 rings (SSSR count). The zero-order chi connectivity index (χ0) is 19.1. The van der Waals surface area contributed by atoms with E-state index in [0.29, 0.717) is 11.5 Å². The van der Waals surface area contributed by atoms with E-state index in [1.165, 1.54) is 0 Å². The van der Waals surface area contributed by atoms with Gasteiger partial charge < -0.3 is 18.9 Å². The van der Waals surface area contributed by atoms with E-state index in [1.807, 2.05) is 50.5 Å². The van der Waals surface area contributed by atoms with Crippen molar-refractivity contribution in [1.82, 2.24) is 9.47 Å². The van der Waals surface area contributed by atoms with E-state index < -0.39 is 0 Å². The summed E-state index contributed by atoms with van der Waals surface area (Å²) >= 11 is 1.65. The fraction of sp³-hybridized carbons (Fsp3) is 0.286. The lowest BCUT2D eigenvalue weighted by Gasteiger charge is -2.13. The molecule has 2 heterocycles. The Morgan fingerprint density at radius 3 is 2.44 bits per heavy atom. The minimum absolute atomic E-state index is 0.0761. The predicted octanol–water partition coefficient (Wildman–Crippen LogP) is 3.95. The van der Waals surface area contributed by atoms with E-state index in [0.717, 1.165) is 44.3 Å². The molecule has 0 radical (unpaired) electrons. The van der Waals surface area contributed by atoms with Gasteiger partial charge in [0.1, 0.15) is 5.52 Å². The average molecular weight is 382 g/mol. The Balaban J connectivity index is 2.16. The van der Waals surface area contributed by atoms with Crippen molar-refractivity contribution in [3.8, 4) is 11.5 Å². The molecule has 2 aromatic carbocycles. The predicted molar refractivity (Wildman–Crippen MR) is 113 cm³/mol. The van der Waals surface area contributed by atoms with Crippen LogP contribution in [0.5, 0.6) is 11.5 Å². The zero-order valence-electron chi connectivity index (χ0n) is 15.9. The highest BCUT2D eigenvalue weighted by Gasteiger charge is 2.19. The molecule has 0 N–H and O–H groups in total. The molecular formula is C21H22N2O3S. The molecule has 0 aliphatic carbocycles. The second-order valence-electron chi connectivity index (χ2n) is 6.78. The molecule has 5 nitrogen and oxygen atoms in total. The van der Waals surface area contributed by atoms with Crippen LogP contribution in [0.1, 0.15) is 0 Å². The highest BCUT2D eigenvalue weighted by atomic mass is 32.1. The van der Waals surface area contributed by atoms with Crippen molar-refractivity contribution in [3.05, 3.63) is 46.6 Å². The molecular weight excluding hydrogens is 360 g/mol. The second kappa shape index (κ2) is 6.87. The van der Waals surface area contributed by atoms with Gasteiger partial charge in [0.05, 0.1) is 24.4 Å². The van der Waals surface area contributed by atoms with Crippen LogP contribution >= 0.6 is 11.3 Å². The molecule has 0 saturated carbocycles. The van der Waals surface area contributed by atoms with E-state index in [9.17, 15) is 4.79 Å². The Morgan fingerprint density at radius 1 is 1.04 bits per heavy atom. The topological polar surface area (TPSA) is 43.7 Å². The maximum atomic E-state index is 13.3. The maximum Gasteiger partial charge on any atom is 0.212 e. The van der Waals surface area contributed by atoms with E-state index in [2.05, 4.69) is 9.47 Å². The lowest BCUT2D eigenvalue weighted by Crippen LogP contribution is -2.19. The van der Waals surface area contributed by atoms with Gasteiger partial charge in [0.25, 0.3) is 0 Å². The number of benzene rings is 2. The third kappa shape index (κ3) is 2.85. The molecule has 0 unspecified atom stereocenters. The van der Waals surface area contributed by atoms with Crippen LogP contribution in [0.15, 0.2) is 41.2 Å². The van der Waals surface area contributed by atoms with E-state index in [1.54, 1.807) is 25.6 Å². The molecule has 0 fully saturated rings. The Morgan fingerprint density at radius 2 is 1.74 bits per heavy atom. The van der Waals surface area contributed by atoms with E-state index >= 15 is 0 Å². The average Bonchev–Trinajstić information content (AvgIpc) is 2.98. The van der Waals surface area contributed by atoms with Crippen molar-refractivity contribution in [2.24, 2.45) is 0 Å². The number of hydrogen-bond donors (Lipinski definition) is 0. The molecule has 0 atom stereocenters. The summed E-state index contributed by atoms with van der Waals surface area (Å²) in [4.78, 5) is 15.5. The molecule has 0 aliphatic rings. The lowest BCUT2D eigenvalue weighted by atomic mass is 10.2. The Labute approximate surface area is 161 Å². The van der Waals surface area contributed by atoms with E-state index in [4.69, 9.17) is 9.47 Å². The molecule has 6 heteroatoms. The van der Waals surface area contributed by atoms with Crippen LogP contribution in [-0.2, 0) is 6.54 Å². The minimum atomic E-state index is 0.0761. The smallest absolute Gasteiger partial charge is 0.212 e. The number of nitrogens with zero attached hydrogens (tertiary/aromatic N) is 2. The van der Waals surface area contributed by atoms with Gasteiger partial charge in [0.2, 0.25) is 5.43 Å². The quantitative estimate of drug-likeness (QED) is 0.524. The van der Waals surface area contributed by atoms with Crippen LogP contribution in [0.2, 0.25) is 0 Å². The molecule has 0 bridgehead atoms. The summed E-state index contributed by atoms with van der Waals surface area (Å²) in [5.74, 6) is 1.34. The number of methoxy groups -OCH3 is 2. The van der Waals surface area contributed by atoms with Gasteiger partial charge in [-0.25, -0.2) is 0 Å². The van der Waals surface area contributed by atoms with Gasteiger partial charge in [-0.2, -0.15) is 0 Å². The number of fused-ring (bicyclic) bond motifs is 4. The SMILES string of the molecule is COc1cc2c3sc4ccccc4c(=O)c3n(CCN(C)C)c2cc1OC. The number of rotatable bonds is 5. The van der Waals surface area contributed by atoms with Crippen molar-refractivity contribution < 1.29 is 9.47 Å². The normalized spacial score (nSPS) is 11.7. The highest BCUT2D eigenvalue weighted by molar-refractivity contribution is 7.25. The van der Waals surface area contributed by atoms with Crippen LogP contribution < -0.4 is 14.9 Å². The molecule has 0 spiro atoms. The zero-order valence-corrected chi connectivity index (χ0v) is 16.7. The first-order valence-electron chi connectivity index (χ1n) is 8.79. The summed E-state index contributed by atoms with van der Waals surface area (Å²) in [6.07, 6.45) is 0. The summed E-state index contributed by atoms with van der Waals surface area (Å²) < 4.78 is 15.1. The third-order valence-corrected chi connectivity index (χ3v) is 6.05. The molecule has 4 aromatic rings. The number of ether oxygens (including phenoxy) is 2. The van der Waals surface area contributed by atoms with Gasteiger partial charge in [0, 0.05) is 34.6 Å². The van der Waals surface area contributed by atoms with Crippen molar-refractivity contribution in [3.63, 3.8) is 0 Å². The van der Waals surface area contributed by atoms with Crippen molar-refractivity contribution in [2.75, 3.05) is 34.9 Å². The van der Waals surface area contributed by atoms with Crippen molar-refractivity contribution in [1.29, 1.82) is 0 Å². The first kappa shape index (κ1) is 17.8. The molecule has 0 saturated heterocycles. The van der Waals surface area contributed by atoms with Gasteiger partial charge in [-0.3, -0.25) is 4.79 Å². The molecule has 140 valence electrons. The second-order valence-corrected chi connectivity index (χ2v) is 7.84. The minimum Gasteiger partial charge on any atom is -0.493 e. The van der Waals surface area contributed by atoms with Gasteiger partial charge in [-0.15, -0.1) is 11.3 Å². The number of aromatic nitrogens is 1. The van der Waals surface area contributed by atoms with Crippen LogP contribution in [0, 0.1) is 0 Å². The molecule has 27 heavy (non-hydrogen) atoms. The Hall–Kier alpha value is -2.57. The molecule has 2 aromatic heterocycles. The molecule has 0 aliphatic heterocycles. The van der Waals surface area contributed by atoms with Gasteiger partial charge in [0.15, 0.2) is 11.5 Å². The standard InChI is InChI=1S/C21H22N2O3S/c1-22(2)9-10-23-15-12-17(26-4)16(25-3)11-14(15)21-19(23)20(24)13-7-5-6-8-18(13)27-21/h5-8,11-12H,9-10H2,1-4H3. The van der Waals surface area contributed by atoms with Crippen LogP contribution in [0.4, 0.5) is 0 Å². The fourth-order valence-electron chi connectivity index (χ4n) is 3.49. The fourth-order valence-corrected chi connectivity index (χ4v) is 4.70. The lowest BCUT2D eigenvalue weighted by molar-refractivity contribution is 0.355. The largest absolute Gasteiger partial charge is 0.493 e. The maximum absolute atomic E-state index is 13.3. The number of hydrogen-bond acceptors (Lipinski definition) is 5. The summed E-state index contributed by atoms with van der Waals surface area (Å²) in [6, 6.07) is 11.8. The molecule has 0 amide bonds. The summed E-state index contributed by atoms with van der Waals surface area (Å²) in [5.41, 5.74) is 1.83. The van der Waals surface area contributed by atoms with Gasteiger partial charge in [-0.1, -0.05) is 12.1 Å². The number of likely N-dealkylation sites (N-methyl/N-ethyl adjacent to an activating group) is 1. The van der Waals surface area contributed by atoms with Crippen molar-refractivity contribution >= 4 is 42.5 Å². The van der Waals surface area contributed by atoms with Gasteiger partial charge >= 0.3 is 0 Å². The first-order valence-corrected chi connectivity index (χ1v) is 9.61. The summed E-state index contributed by atoms with van der Waals surface area (Å²) in [6.45, 7) is 1.56. The highest BCUT2D eigenvalue weighted by Crippen LogP contribution is 2.39. The Bertz CT molecular complexity index is 1210. The van der Waals surface area contributed by atoms with Crippen LogP contribution in [-0.4, -0.2) is 44.3 Å². The van der Waals surface area contributed by atoms with Gasteiger partial charge in [-0.05, 0) is 32.3 Å². The monoisotopic (exact) mass is 382 g/mol. The van der Waals surface area contributed by atoms with Crippen LogP contribution in [0.25, 0.3) is 31.2 Å². The van der Waals surface area contributed by atoms with Crippen LogP contribution in [0.3, 0.4) is 0 Å². The third-order valence-electron chi connectivity index (χ3n) is 4.85. The Kier molecular flexibility index (Phi) is 4.53. The summed E-state index contributed by atoms with van der Waals surface area (Å²) in [5, 5.41) is 1.79. The van der Waals surface area contributed by atoms with Crippen molar-refractivity contribution in [2.45, 2.75) is 6.54 Å². The first-order chi connectivity index (χ1) is 13.0. The summed E-state index contributed by atoms with van der Waals surface area (Å²) in [7, 11) is 7.33. The van der Waals surface area contributed by atoms with E-state index in [-0.39, 0.29) is 5.43 Å².